The minimum Gasteiger partial charge on any atom is -0.550 e. The number of hydrogen-bond acceptors (Lipinski definition) is 4. The average molecular weight is 165 g/mol. The third kappa shape index (κ3) is 3.70. The van der Waals surface area contributed by atoms with Crippen molar-refractivity contribution in [3.05, 3.63) is 0 Å². The second kappa shape index (κ2) is 4.99. The van der Waals surface area contributed by atoms with Crippen LogP contribution in [0.15, 0.2) is 0 Å². The summed E-state index contributed by atoms with van der Waals surface area (Å²) >= 11 is 7.72. The number of thiol groups is 2. The highest BCUT2D eigenvalue weighted by Crippen LogP contribution is 2.04. The fourth-order valence-corrected chi connectivity index (χ4v) is 1.08. The number of aliphatic carboxylic acids is 1. The van der Waals surface area contributed by atoms with Gasteiger partial charge in [-0.25, -0.2) is 0 Å². The van der Waals surface area contributed by atoms with E-state index >= 15 is 0 Å². The first-order valence-corrected chi connectivity index (χ1v) is 3.91. The van der Waals surface area contributed by atoms with Crippen LogP contribution in [0.3, 0.4) is 0 Å². The van der Waals surface area contributed by atoms with E-state index in [9.17, 15) is 9.90 Å². The van der Waals surface area contributed by atoms with Crippen molar-refractivity contribution in [2.75, 3.05) is 11.5 Å². The maximum absolute atomic E-state index is 10.1. The minimum atomic E-state index is -1.03. The minimum absolute atomic E-state index is 0.336. The van der Waals surface area contributed by atoms with Crippen molar-refractivity contribution < 1.29 is 9.90 Å². The monoisotopic (exact) mass is 165 g/mol. The molecule has 0 saturated heterocycles. The lowest BCUT2D eigenvalue weighted by molar-refractivity contribution is -0.310. The third-order valence-electron chi connectivity index (χ3n) is 1.03. The predicted molar refractivity (Wildman–Crippen MR) is 40.8 cm³/mol. The van der Waals surface area contributed by atoms with Crippen LogP contribution < -0.4 is 5.11 Å². The van der Waals surface area contributed by atoms with Gasteiger partial charge in [0.2, 0.25) is 0 Å². The molecule has 0 aliphatic carbocycles. The zero-order valence-corrected chi connectivity index (χ0v) is 6.70. The zero-order chi connectivity index (χ0) is 7.28. The second-order valence-electron chi connectivity index (χ2n) is 1.71. The van der Waals surface area contributed by atoms with E-state index in [1.54, 1.807) is 0 Å². The highest BCUT2D eigenvalue weighted by molar-refractivity contribution is 7.80. The van der Waals surface area contributed by atoms with Gasteiger partial charge in [-0.05, 0) is 17.9 Å². The second-order valence-corrected chi connectivity index (χ2v) is 2.52. The van der Waals surface area contributed by atoms with Gasteiger partial charge in [0.05, 0.1) is 0 Å². The van der Waals surface area contributed by atoms with E-state index in [2.05, 4.69) is 25.3 Å². The third-order valence-corrected chi connectivity index (χ3v) is 1.73. The molecule has 0 aliphatic rings. The Morgan fingerprint density at radius 2 is 2.11 bits per heavy atom. The molecular formula is C5H9O2S2-. The maximum Gasteiger partial charge on any atom is 0.0453 e. The summed E-state index contributed by atoms with van der Waals surface area (Å²) in [6.45, 7) is 0. The molecule has 0 N–H and O–H groups in total. The Morgan fingerprint density at radius 3 is 2.22 bits per heavy atom. The van der Waals surface area contributed by atoms with Crippen LogP contribution in [0.2, 0.25) is 0 Å². The highest BCUT2D eigenvalue weighted by Gasteiger charge is 2.04. The van der Waals surface area contributed by atoms with Crippen LogP contribution in [-0.4, -0.2) is 17.5 Å². The first-order valence-electron chi connectivity index (χ1n) is 2.65. The largest absolute Gasteiger partial charge is 0.550 e. The van der Waals surface area contributed by atoms with Crippen LogP contribution in [0, 0.1) is 5.92 Å². The number of hydrogen-bond donors (Lipinski definition) is 2. The Kier molecular flexibility index (Phi) is 5.09. The standard InChI is InChI=1S/C5H10O2S2/c6-5(7)4(3-9)1-2-8/h4,8-9H,1-3H2,(H,6,7)/p-1. The van der Waals surface area contributed by atoms with Gasteiger partial charge in [-0.3, -0.25) is 0 Å². The summed E-state index contributed by atoms with van der Waals surface area (Å²) < 4.78 is 0. The fourth-order valence-electron chi connectivity index (χ4n) is 0.440. The zero-order valence-electron chi connectivity index (χ0n) is 4.91. The quantitative estimate of drug-likeness (QED) is 0.557. The lowest BCUT2D eigenvalue weighted by atomic mass is 10.1. The Labute approximate surface area is 65.5 Å². The SMILES string of the molecule is O=C([O-])C(CS)CCS. The molecule has 0 aromatic carbocycles. The van der Waals surface area contributed by atoms with Crippen molar-refractivity contribution >= 4 is 31.2 Å². The Balaban J connectivity index is 3.54. The molecule has 9 heavy (non-hydrogen) atoms. The van der Waals surface area contributed by atoms with Gasteiger partial charge in [0.25, 0.3) is 0 Å². The molecule has 0 heterocycles. The van der Waals surface area contributed by atoms with Crippen LogP contribution in [0.4, 0.5) is 0 Å². The van der Waals surface area contributed by atoms with Crippen molar-refractivity contribution in [3.8, 4) is 0 Å². The number of carbonyl (C=O) groups excluding carboxylic acids is 1. The van der Waals surface area contributed by atoms with Gasteiger partial charge in [-0.15, -0.1) is 0 Å². The van der Waals surface area contributed by atoms with Crippen molar-refractivity contribution in [2.45, 2.75) is 6.42 Å². The van der Waals surface area contributed by atoms with Crippen LogP contribution in [0.25, 0.3) is 0 Å². The Bertz CT molecular complexity index is 95.0. The molecule has 54 valence electrons. The molecule has 1 atom stereocenters. The van der Waals surface area contributed by atoms with Gasteiger partial charge >= 0.3 is 0 Å². The molecule has 4 heteroatoms. The van der Waals surface area contributed by atoms with E-state index in [1.165, 1.54) is 0 Å². The van der Waals surface area contributed by atoms with Crippen molar-refractivity contribution in [2.24, 2.45) is 5.92 Å². The molecule has 0 radical (unpaired) electrons. The maximum atomic E-state index is 10.1. The molecule has 0 rings (SSSR count). The topological polar surface area (TPSA) is 40.1 Å². The first-order chi connectivity index (χ1) is 4.22. The summed E-state index contributed by atoms with van der Waals surface area (Å²) in [5, 5.41) is 10.1. The van der Waals surface area contributed by atoms with E-state index in [-0.39, 0.29) is 0 Å². The summed E-state index contributed by atoms with van der Waals surface area (Å²) in [6.07, 6.45) is 0.537. The van der Waals surface area contributed by atoms with Gasteiger partial charge in [-0.2, -0.15) is 25.3 Å². The van der Waals surface area contributed by atoms with Crippen LogP contribution >= 0.6 is 25.3 Å². The summed E-state index contributed by atoms with van der Waals surface area (Å²) in [5.41, 5.74) is 0. The Morgan fingerprint density at radius 1 is 1.56 bits per heavy atom. The summed E-state index contributed by atoms with van der Waals surface area (Å²) in [7, 11) is 0. The molecule has 0 bridgehead atoms. The summed E-state index contributed by atoms with van der Waals surface area (Å²) in [6, 6.07) is 0. The summed E-state index contributed by atoms with van der Waals surface area (Å²) in [5.74, 6) is -0.563. The fraction of sp³-hybridized carbons (Fsp3) is 0.800. The molecular weight excluding hydrogens is 156 g/mol. The van der Waals surface area contributed by atoms with E-state index in [0.717, 1.165) is 0 Å². The molecule has 0 fully saturated rings. The molecule has 0 amide bonds. The molecule has 0 spiro atoms. The molecule has 0 aromatic rings. The number of rotatable bonds is 4. The average Bonchev–Trinajstić information content (AvgIpc) is 1.82. The van der Waals surface area contributed by atoms with E-state index in [1.807, 2.05) is 0 Å². The number of carbonyl (C=O) groups is 1. The number of carboxylic acids is 1. The molecule has 0 aromatic heterocycles. The van der Waals surface area contributed by atoms with E-state index in [4.69, 9.17) is 0 Å². The van der Waals surface area contributed by atoms with E-state index in [0.29, 0.717) is 17.9 Å². The van der Waals surface area contributed by atoms with Gasteiger partial charge in [-0.1, -0.05) is 0 Å². The van der Waals surface area contributed by atoms with Gasteiger partial charge in [0.15, 0.2) is 0 Å². The van der Waals surface area contributed by atoms with E-state index < -0.39 is 11.9 Å². The molecule has 1 unspecified atom stereocenters. The normalized spacial score (nSPS) is 13.1. The molecule has 2 nitrogen and oxygen atoms in total. The lowest BCUT2D eigenvalue weighted by Gasteiger charge is -2.12. The predicted octanol–water partition coefficient (Wildman–Crippen LogP) is -0.398. The van der Waals surface area contributed by atoms with Crippen LogP contribution in [0.5, 0.6) is 0 Å². The van der Waals surface area contributed by atoms with Gasteiger partial charge in [0.1, 0.15) is 0 Å². The van der Waals surface area contributed by atoms with Crippen LogP contribution in [-0.2, 0) is 4.79 Å². The molecule has 0 aliphatic heterocycles. The van der Waals surface area contributed by atoms with Crippen molar-refractivity contribution in [1.29, 1.82) is 0 Å². The Hall–Kier alpha value is 0.170. The van der Waals surface area contributed by atoms with Gasteiger partial charge in [0, 0.05) is 11.9 Å². The van der Waals surface area contributed by atoms with Crippen molar-refractivity contribution in [3.63, 3.8) is 0 Å². The van der Waals surface area contributed by atoms with Gasteiger partial charge < -0.3 is 9.90 Å². The number of carboxylic acid groups (broad SMARTS) is 1. The first kappa shape index (κ1) is 9.17. The molecule has 0 saturated carbocycles. The lowest BCUT2D eigenvalue weighted by Crippen LogP contribution is -2.32. The smallest absolute Gasteiger partial charge is 0.0453 e. The van der Waals surface area contributed by atoms with Crippen molar-refractivity contribution in [1.82, 2.24) is 0 Å². The van der Waals surface area contributed by atoms with Crippen LogP contribution in [0.1, 0.15) is 6.42 Å². The highest BCUT2D eigenvalue weighted by atomic mass is 32.1. The summed E-state index contributed by atoms with van der Waals surface area (Å²) in [4.78, 5) is 10.1.